The molecule has 0 spiro atoms. The molecular weight excluding hydrogens is 228 g/mol. The van der Waals surface area contributed by atoms with Gasteiger partial charge in [-0.05, 0) is 49.6 Å². The van der Waals surface area contributed by atoms with Crippen LogP contribution in [0, 0.1) is 5.92 Å². The molecule has 1 aromatic rings. The van der Waals surface area contributed by atoms with Gasteiger partial charge in [-0.15, -0.1) is 11.3 Å². The molecule has 3 atom stereocenters. The summed E-state index contributed by atoms with van der Waals surface area (Å²) in [6, 6.07) is 5.91. The molecule has 2 N–H and O–H groups in total. The number of thiophene rings is 1. The molecule has 1 aromatic heterocycles. The SMILES string of the molecule is c1csc(CNC2CCCC2C2CCCN2)c1. The third-order valence-corrected chi connectivity index (χ3v) is 5.18. The summed E-state index contributed by atoms with van der Waals surface area (Å²) in [4.78, 5) is 1.47. The molecule has 2 aliphatic rings. The van der Waals surface area contributed by atoms with Crippen LogP contribution in [0.25, 0.3) is 0 Å². The van der Waals surface area contributed by atoms with Crippen LogP contribution in [0.2, 0.25) is 0 Å². The van der Waals surface area contributed by atoms with Crippen LogP contribution in [0.5, 0.6) is 0 Å². The molecule has 1 aliphatic carbocycles. The van der Waals surface area contributed by atoms with Crippen LogP contribution in [0.1, 0.15) is 37.0 Å². The molecule has 3 unspecified atom stereocenters. The van der Waals surface area contributed by atoms with Gasteiger partial charge in [0.05, 0.1) is 0 Å². The van der Waals surface area contributed by atoms with Gasteiger partial charge in [-0.2, -0.15) is 0 Å². The number of hydrogen-bond acceptors (Lipinski definition) is 3. The molecule has 2 heterocycles. The van der Waals surface area contributed by atoms with E-state index in [9.17, 15) is 0 Å². The van der Waals surface area contributed by atoms with Crippen molar-refractivity contribution in [2.24, 2.45) is 5.92 Å². The lowest BCUT2D eigenvalue weighted by Gasteiger charge is -2.26. The lowest BCUT2D eigenvalue weighted by atomic mass is 9.93. The van der Waals surface area contributed by atoms with Crippen LogP contribution >= 0.6 is 11.3 Å². The maximum Gasteiger partial charge on any atom is 0.0302 e. The fourth-order valence-electron chi connectivity index (χ4n) is 3.45. The first kappa shape index (κ1) is 11.7. The molecule has 0 bridgehead atoms. The van der Waals surface area contributed by atoms with E-state index in [-0.39, 0.29) is 0 Å². The molecule has 1 saturated heterocycles. The van der Waals surface area contributed by atoms with Crippen LogP contribution in [-0.2, 0) is 6.54 Å². The summed E-state index contributed by atoms with van der Waals surface area (Å²) >= 11 is 1.86. The van der Waals surface area contributed by atoms with Gasteiger partial charge in [0.15, 0.2) is 0 Å². The van der Waals surface area contributed by atoms with E-state index in [0.717, 1.165) is 24.5 Å². The standard InChI is InChI=1S/C14H22N2S/c1-5-12(13-7-2-8-15-13)14(6-1)16-10-11-4-3-9-17-11/h3-4,9,12-16H,1-2,5-8,10H2. The largest absolute Gasteiger partial charge is 0.314 e. The monoisotopic (exact) mass is 250 g/mol. The highest BCUT2D eigenvalue weighted by atomic mass is 32.1. The zero-order valence-corrected chi connectivity index (χ0v) is 11.1. The molecule has 0 radical (unpaired) electrons. The molecular formula is C14H22N2S. The van der Waals surface area contributed by atoms with Gasteiger partial charge in [0.1, 0.15) is 0 Å². The van der Waals surface area contributed by atoms with Crippen molar-refractivity contribution in [1.29, 1.82) is 0 Å². The minimum absolute atomic E-state index is 0.743. The minimum atomic E-state index is 0.743. The third-order valence-electron chi connectivity index (χ3n) is 4.30. The predicted octanol–water partition coefficient (Wildman–Crippen LogP) is 2.76. The zero-order chi connectivity index (χ0) is 11.5. The molecule has 17 heavy (non-hydrogen) atoms. The first-order valence-electron chi connectivity index (χ1n) is 6.92. The molecule has 3 rings (SSSR count). The van der Waals surface area contributed by atoms with Crippen molar-refractivity contribution in [3.63, 3.8) is 0 Å². The average molecular weight is 250 g/mol. The van der Waals surface area contributed by atoms with Gasteiger partial charge in [0.25, 0.3) is 0 Å². The van der Waals surface area contributed by atoms with Gasteiger partial charge >= 0.3 is 0 Å². The summed E-state index contributed by atoms with van der Waals surface area (Å²) in [5.41, 5.74) is 0. The maximum atomic E-state index is 3.78. The third kappa shape index (κ3) is 2.72. The Morgan fingerprint density at radius 2 is 2.29 bits per heavy atom. The smallest absolute Gasteiger partial charge is 0.0302 e. The van der Waals surface area contributed by atoms with E-state index in [2.05, 4.69) is 28.1 Å². The Bertz CT molecular complexity index is 330. The number of nitrogens with one attached hydrogen (secondary N) is 2. The van der Waals surface area contributed by atoms with E-state index < -0.39 is 0 Å². The van der Waals surface area contributed by atoms with Crippen molar-refractivity contribution < 1.29 is 0 Å². The molecule has 2 fully saturated rings. The van der Waals surface area contributed by atoms with Crippen molar-refractivity contribution in [3.8, 4) is 0 Å². The first-order valence-corrected chi connectivity index (χ1v) is 7.80. The summed E-state index contributed by atoms with van der Waals surface area (Å²) in [5.74, 6) is 0.873. The molecule has 0 aromatic carbocycles. The second-order valence-corrected chi connectivity index (χ2v) is 6.40. The zero-order valence-electron chi connectivity index (χ0n) is 10.3. The fraction of sp³-hybridized carbons (Fsp3) is 0.714. The Morgan fingerprint density at radius 3 is 3.06 bits per heavy atom. The summed E-state index contributed by atoms with van der Waals surface area (Å²) in [7, 11) is 0. The summed E-state index contributed by atoms with van der Waals surface area (Å²) in [6.45, 7) is 2.30. The highest BCUT2D eigenvalue weighted by Gasteiger charge is 2.34. The summed E-state index contributed by atoms with van der Waals surface area (Å²) in [6.07, 6.45) is 6.96. The normalized spacial score (nSPS) is 33.3. The summed E-state index contributed by atoms with van der Waals surface area (Å²) in [5, 5.41) is 9.63. The molecule has 1 saturated carbocycles. The van der Waals surface area contributed by atoms with Crippen LogP contribution < -0.4 is 10.6 Å². The lowest BCUT2D eigenvalue weighted by Crippen LogP contribution is -2.41. The van der Waals surface area contributed by atoms with Gasteiger partial charge < -0.3 is 10.6 Å². The number of rotatable bonds is 4. The Balaban J connectivity index is 1.54. The van der Waals surface area contributed by atoms with Gasteiger partial charge in [-0.25, -0.2) is 0 Å². The first-order chi connectivity index (χ1) is 8.43. The van der Waals surface area contributed by atoms with Crippen LogP contribution in [0.4, 0.5) is 0 Å². The highest BCUT2D eigenvalue weighted by molar-refractivity contribution is 7.09. The van der Waals surface area contributed by atoms with E-state index in [0.29, 0.717) is 0 Å². The average Bonchev–Trinajstić information content (AvgIpc) is 3.09. The van der Waals surface area contributed by atoms with Gasteiger partial charge in [-0.3, -0.25) is 0 Å². The van der Waals surface area contributed by atoms with Gasteiger partial charge in [-0.1, -0.05) is 12.5 Å². The Kier molecular flexibility index (Phi) is 3.79. The Morgan fingerprint density at radius 1 is 1.29 bits per heavy atom. The molecule has 94 valence electrons. The Labute approximate surface area is 108 Å². The lowest BCUT2D eigenvalue weighted by molar-refractivity contribution is 0.320. The maximum absolute atomic E-state index is 3.78. The van der Waals surface area contributed by atoms with Crippen LogP contribution in [0.15, 0.2) is 17.5 Å². The molecule has 3 heteroatoms. The highest BCUT2D eigenvalue weighted by Crippen LogP contribution is 2.32. The van der Waals surface area contributed by atoms with E-state index in [1.54, 1.807) is 0 Å². The molecule has 0 amide bonds. The van der Waals surface area contributed by atoms with E-state index >= 15 is 0 Å². The molecule has 2 nitrogen and oxygen atoms in total. The topological polar surface area (TPSA) is 24.1 Å². The van der Waals surface area contributed by atoms with Crippen molar-refractivity contribution in [3.05, 3.63) is 22.4 Å². The van der Waals surface area contributed by atoms with Crippen molar-refractivity contribution in [2.45, 2.75) is 50.7 Å². The van der Waals surface area contributed by atoms with Crippen LogP contribution in [0.3, 0.4) is 0 Å². The van der Waals surface area contributed by atoms with E-state index in [1.165, 1.54) is 43.5 Å². The quantitative estimate of drug-likeness (QED) is 0.858. The van der Waals surface area contributed by atoms with Crippen molar-refractivity contribution in [1.82, 2.24) is 10.6 Å². The predicted molar refractivity (Wildman–Crippen MR) is 73.3 cm³/mol. The van der Waals surface area contributed by atoms with Crippen molar-refractivity contribution >= 4 is 11.3 Å². The summed E-state index contributed by atoms with van der Waals surface area (Å²) < 4.78 is 0. The second kappa shape index (κ2) is 5.51. The second-order valence-electron chi connectivity index (χ2n) is 5.36. The Hall–Kier alpha value is -0.380. The van der Waals surface area contributed by atoms with E-state index in [4.69, 9.17) is 0 Å². The fourth-order valence-corrected chi connectivity index (χ4v) is 4.10. The van der Waals surface area contributed by atoms with Gasteiger partial charge in [0, 0.05) is 23.5 Å². The number of hydrogen-bond donors (Lipinski definition) is 2. The van der Waals surface area contributed by atoms with E-state index in [1.807, 2.05) is 11.3 Å². The minimum Gasteiger partial charge on any atom is -0.314 e. The van der Waals surface area contributed by atoms with Crippen molar-refractivity contribution in [2.75, 3.05) is 6.54 Å². The molecule has 1 aliphatic heterocycles. The van der Waals surface area contributed by atoms with Crippen LogP contribution in [-0.4, -0.2) is 18.6 Å². The van der Waals surface area contributed by atoms with Gasteiger partial charge in [0.2, 0.25) is 0 Å².